The molecule has 0 aromatic heterocycles. The van der Waals surface area contributed by atoms with E-state index in [-0.39, 0.29) is 11.3 Å². The molecule has 1 aromatic rings. The highest BCUT2D eigenvalue weighted by Crippen LogP contribution is 2.21. The van der Waals surface area contributed by atoms with Crippen molar-refractivity contribution in [3.63, 3.8) is 0 Å². The molecule has 0 spiro atoms. The van der Waals surface area contributed by atoms with Gasteiger partial charge in [-0.2, -0.15) is 0 Å². The normalized spacial score (nSPS) is 12.9. The van der Waals surface area contributed by atoms with Crippen molar-refractivity contribution in [2.75, 3.05) is 23.3 Å². The van der Waals surface area contributed by atoms with Crippen LogP contribution in [0.1, 0.15) is 34.6 Å². The molecular weight excluding hydrogens is 250 g/mol. The Kier molecular flexibility index (Phi) is 5.57. The average Bonchev–Trinajstić information content (AvgIpc) is 2.40. The molecule has 0 saturated heterocycles. The van der Waals surface area contributed by atoms with E-state index >= 15 is 0 Å². The van der Waals surface area contributed by atoms with Gasteiger partial charge in [-0.1, -0.05) is 20.8 Å². The van der Waals surface area contributed by atoms with Gasteiger partial charge >= 0.3 is 0 Å². The first-order valence-electron chi connectivity index (χ1n) is 7.21. The van der Waals surface area contributed by atoms with Crippen molar-refractivity contribution in [1.82, 2.24) is 0 Å². The fourth-order valence-corrected chi connectivity index (χ4v) is 1.96. The van der Waals surface area contributed by atoms with Crippen LogP contribution in [0.4, 0.5) is 11.4 Å². The van der Waals surface area contributed by atoms with E-state index in [9.17, 15) is 4.79 Å². The third kappa shape index (κ3) is 4.23. The molecule has 0 bridgehead atoms. The molecule has 0 aliphatic carbocycles. The van der Waals surface area contributed by atoms with Crippen LogP contribution in [0, 0.1) is 5.41 Å². The van der Waals surface area contributed by atoms with Crippen LogP contribution < -0.4 is 16.0 Å². The predicted octanol–water partition coefficient (Wildman–Crippen LogP) is 2.84. The molecule has 1 atom stereocenters. The largest absolute Gasteiger partial charge is 0.372 e. The number of hydrogen-bond acceptors (Lipinski definition) is 3. The van der Waals surface area contributed by atoms with E-state index in [1.807, 2.05) is 45.0 Å². The minimum atomic E-state index is -0.523. The van der Waals surface area contributed by atoms with Gasteiger partial charge in [-0.05, 0) is 43.5 Å². The smallest absolute Gasteiger partial charge is 0.241 e. The van der Waals surface area contributed by atoms with E-state index in [0.29, 0.717) is 0 Å². The zero-order chi connectivity index (χ0) is 15.3. The zero-order valence-corrected chi connectivity index (χ0v) is 13.2. The topological polar surface area (TPSA) is 58.4 Å². The van der Waals surface area contributed by atoms with Crippen LogP contribution in [0.3, 0.4) is 0 Å². The lowest BCUT2D eigenvalue weighted by molar-refractivity contribution is -0.119. The third-order valence-corrected chi connectivity index (χ3v) is 3.48. The second-order valence-electron chi connectivity index (χ2n) is 6.05. The molecule has 0 saturated carbocycles. The first-order valence-corrected chi connectivity index (χ1v) is 7.21. The molecule has 20 heavy (non-hydrogen) atoms. The van der Waals surface area contributed by atoms with Crippen molar-refractivity contribution >= 4 is 17.3 Å². The van der Waals surface area contributed by atoms with Crippen LogP contribution in [-0.4, -0.2) is 25.0 Å². The maximum Gasteiger partial charge on any atom is 0.241 e. The Morgan fingerprint density at radius 2 is 1.70 bits per heavy atom. The van der Waals surface area contributed by atoms with Crippen molar-refractivity contribution in [2.45, 2.75) is 40.7 Å². The summed E-state index contributed by atoms with van der Waals surface area (Å²) in [6, 6.07) is 7.35. The lowest BCUT2D eigenvalue weighted by atomic mass is 9.87. The molecule has 0 radical (unpaired) electrons. The number of anilines is 2. The molecular formula is C16H27N3O. The van der Waals surface area contributed by atoms with Crippen LogP contribution in [-0.2, 0) is 4.79 Å². The number of hydrogen-bond donors (Lipinski definition) is 2. The lowest BCUT2D eigenvalue weighted by Gasteiger charge is -2.26. The van der Waals surface area contributed by atoms with Gasteiger partial charge in [0.1, 0.15) is 0 Å². The highest BCUT2D eigenvalue weighted by Gasteiger charge is 2.27. The number of nitrogens with two attached hydrogens (primary N) is 1. The van der Waals surface area contributed by atoms with Crippen molar-refractivity contribution in [3.8, 4) is 0 Å². The SMILES string of the molecule is CCN(CC)c1ccc(NC(=O)[C@H](N)C(C)(C)C)cc1. The van der Waals surface area contributed by atoms with Gasteiger partial charge in [0.05, 0.1) is 6.04 Å². The number of amides is 1. The molecule has 1 rings (SSSR count). The molecule has 0 aliphatic rings. The minimum Gasteiger partial charge on any atom is -0.372 e. The first kappa shape index (κ1) is 16.5. The first-order chi connectivity index (χ1) is 9.29. The summed E-state index contributed by atoms with van der Waals surface area (Å²) in [5.74, 6) is -0.145. The minimum absolute atomic E-state index is 0.145. The summed E-state index contributed by atoms with van der Waals surface area (Å²) in [4.78, 5) is 14.3. The average molecular weight is 277 g/mol. The summed E-state index contributed by atoms with van der Waals surface area (Å²) in [5.41, 5.74) is 7.64. The Labute approximate surface area is 122 Å². The molecule has 112 valence electrons. The van der Waals surface area contributed by atoms with E-state index in [4.69, 9.17) is 5.73 Å². The number of nitrogens with zero attached hydrogens (tertiary/aromatic N) is 1. The van der Waals surface area contributed by atoms with Crippen LogP contribution in [0.2, 0.25) is 0 Å². The maximum atomic E-state index is 12.0. The van der Waals surface area contributed by atoms with E-state index in [1.54, 1.807) is 0 Å². The van der Waals surface area contributed by atoms with Crippen molar-refractivity contribution < 1.29 is 4.79 Å². The maximum absolute atomic E-state index is 12.0. The Hall–Kier alpha value is -1.55. The van der Waals surface area contributed by atoms with Crippen LogP contribution in [0.5, 0.6) is 0 Å². The summed E-state index contributed by atoms with van der Waals surface area (Å²) in [5, 5.41) is 2.87. The van der Waals surface area contributed by atoms with Gasteiger partial charge < -0.3 is 16.0 Å². The second kappa shape index (κ2) is 6.75. The summed E-state index contributed by atoms with van der Waals surface area (Å²) in [7, 11) is 0. The molecule has 0 fully saturated rings. The molecule has 4 heteroatoms. The quantitative estimate of drug-likeness (QED) is 0.870. The number of nitrogens with one attached hydrogen (secondary N) is 1. The van der Waals surface area contributed by atoms with E-state index < -0.39 is 6.04 Å². The van der Waals surface area contributed by atoms with Gasteiger partial charge in [-0.15, -0.1) is 0 Å². The van der Waals surface area contributed by atoms with Gasteiger partial charge in [-0.25, -0.2) is 0 Å². The zero-order valence-electron chi connectivity index (χ0n) is 13.2. The van der Waals surface area contributed by atoms with Gasteiger partial charge in [0.2, 0.25) is 5.91 Å². The molecule has 0 heterocycles. The van der Waals surface area contributed by atoms with E-state index in [1.165, 1.54) is 0 Å². The van der Waals surface area contributed by atoms with Gasteiger partial charge in [0, 0.05) is 24.5 Å². The van der Waals surface area contributed by atoms with Crippen molar-refractivity contribution in [1.29, 1.82) is 0 Å². The Morgan fingerprint density at radius 3 is 2.10 bits per heavy atom. The van der Waals surface area contributed by atoms with Crippen LogP contribution in [0.15, 0.2) is 24.3 Å². The lowest BCUT2D eigenvalue weighted by Crippen LogP contribution is -2.45. The van der Waals surface area contributed by atoms with Crippen LogP contribution >= 0.6 is 0 Å². The van der Waals surface area contributed by atoms with Crippen LogP contribution in [0.25, 0.3) is 0 Å². The Bertz CT molecular complexity index is 430. The highest BCUT2D eigenvalue weighted by atomic mass is 16.2. The Balaban J connectivity index is 2.73. The molecule has 0 unspecified atom stereocenters. The monoisotopic (exact) mass is 277 g/mol. The molecule has 1 aromatic carbocycles. The van der Waals surface area contributed by atoms with Crippen molar-refractivity contribution in [2.24, 2.45) is 11.1 Å². The number of benzene rings is 1. The third-order valence-electron chi connectivity index (χ3n) is 3.48. The molecule has 0 aliphatic heterocycles. The summed E-state index contributed by atoms with van der Waals surface area (Å²) < 4.78 is 0. The summed E-state index contributed by atoms with van der Waals surface area (Å²) >= 11 is 0. The fourth-order valence-electron chi connectivity index (χ4n) is 1.96. The van der Waals surface area contributed by atoms with E-state index in [0.717, 1.165) is 24.5 Å². The molecule has 1 amide bonds. The summed E-state index contributed by atoms with van der Waals surface area (Å²) in [6.45, 7) is 12.1. The summed E-state index contributed by atoms with van der Waals surface area (Å²) in [6.07, 6.45) is 0. The van der Waals surface area contributed by atoms with Gasteiger partial charge in [0.15, 0.2) is 0 Å². The number of rotatable bonds is 5. The standard InChI is InChI=1S/C16H27N3O/c1-6-19(7-2)13-10-8-12(9-11-13)18-15(20)14(17)16(3,4)5/h8-11,14H,6-7,17H2,1-5H3,(H,18,20)/t14-/m0/s1. The Morgan fingerprint density at radius 1 is 1.20 bits per heavy atom. The highest BCUT2D eigenvalue weighted by molar-refractivity contribution is 5.95. The number of carbonyl (C=O) groups excluding carboxylic acids is 1. The molecule has 4 nitrogen and oxygen atoms in total. The molecule has 3 N–H and O–H groups in total. The van der Waals surface area contributed by atoms with Gasteiger partial charge in [0.25, 0.3) is 0 Å². The van der Waals surface area contributed by atoms with E-state index in [2.05, 4.69) is 24.1 Å². The second-order valence-corrected chi connectivity index (χ2v) is 6.05. The number of carbonyl (C=O) groups is 1. The van der Waals surface area contributed by atoms with Crippen molar-refractivity contribution in [3.05, 3.63) is 24.3 Å². The predicted molar refractivity (Wildman–Crippen MR) is 86.1 cm³/mol. The fraction of sp³-hybridized carbons (Fsp3) is 0.562. The van der Waals surface area contributed by atoms with Gasteiger partial charge in [-0.3, -0.25) is 4.79 Å².